The Labute approximate surface area is 213 Å². The van der Waals surface area contributed by atoms with Crippen LogP contribution in [-0.4, -0.2) is 28.5 Å². The Balaban J connectivity index is 1.79. The maximum absolute atomic E-state index is 13.5. The van der Waals surface area contributed by atoms with Crippen molar-refractivity contribution < 1.29 is 23.9 Å². The van der Waals surface area contributed by atoms with Gasteiger partial charge in [-0.15, -0.1) is 0 Å². The molecule has 7 heteroatoms. The summed E-state index contributed by atoms with van der Waals surface area (Å²) in [5.41, 5.74) is 3.48. The van der Waals surface area contributed by atoms with Crippen LogP contribution in [0.1, 0.15) is 61.4 Å². The predicted molar refractivity (Wildman–Crippen MR) is 146 cm³/mol. The van der Waals surface area contributed by atoms with Gasteiger partial charge in [0.25, 0.3) is 5.91 Å². The second-order valence-corrected chi connectivity index (χ2v) is 10.7. The lowest BCUT2D eigenvalue weighted by Gasteiger charge is -2.16. The average Bonchev–Trinajstić information content (AvgIpc) is 2.87. The van der Waals surface area contributed by atoms with E-state index in [4.69, 9.17) is 4.74 Å². The summed E-state index contributed by atoms with van der Waals surface area (Å²) >= 11 is 0. The monoisotopic (exact) mass is 509 g/mol. The van der Waals surface area contributed by atoms with E-state index < -0.39 is 7.60 Å². The Morgan fingerprint density at radius 1 is 0.889 bits per heavy atom. The quantitative estimate of drug-likeness (QED) is 0.160. The number of unbranched alkanes of at least 4 members (excludes halogenated alkanes) is 5. The van der Waals surface area contributed by atoms with Gasteiger partial charge in [0.15, 0.2) is 0 Å². The van der Waals surface area contributed by atoms with E-state index in [1.54, 1.807) is 24.3 Å². The molecule has 36 heavy (non-hydrogen) atoms. The Morgan fingerprint density at radius 2 is 1.61 bits per heavy atom. The number of rotatable bonds is 14. The summed E-state index contributed by atoms with van der Waals surface area (Å²) in [5.74, 6) is 0.250. The maximum Gasteiger partial charge on any atom is 0.325 e. The van der Waals surface area contributed by atoms with Crippen LogP contribution in [-0.2, 0) is 11.0 Å². The summed E-state index contributed by atoms with van der Waals surface area (Å²) < 4.78 is 17.4. The Kier molecular flexibility index (Phi) is 10.7. The number of carbonyl (C=O) groups is 1. The summed E-state index contributed by atoms with van der Waals surface area (Å²) in [6, 6.07) is 22.4. The van der Waals surface area contributed by atoms with Crippen LogP contribution < -0.4 is 10.1 Å². The molecule has 0 unspecified atom stereocenters. The molecular formula is C29H36NO5P. The fraction of sp³-hybridized carbons (Fsp3) is 0.345. The summed E-state index contributed by atoms with van der Waals surface area (Å²) in [7, 11) is -4.09. The third-order valence-electron chi connectivity index (χ3n) is 5.97. The van der Waals surface area contributed by atoms with E-state index in [1.165, 1.54) is 25.7 Å². The van der Waals surface area contributed by atoms with Crippen molar-refractivity contribution >= 4 is 19.2 Å². The van der Waals surface area contributed by atoms with Crippen LogP contribution in [0.5, 0.6) is 5.75 Å². The number of aryl methyl sites for hydroxylation is 1. The van der Waals surface area contributed by atoms with Crippen LogP contribution >= 0.6 is 7.60 Å². The number of anilines is 1. The highest BCUT2D eigenvalue weighted by molar-refractivity contribution is 7.51. The molecule has 0 saturated heterocycles. The molecule has 0 radical (unpaired) electrons. The molecule has 0 atom stereocenters. The van der Waals surface area contributed by atoms with Gasteiger partial charge in [-0.1, -0.05) is 93.6 Å². The largest absolute Gasteiger partial charge is 0.493 e. The van der Waals surface area contributed by atoms with Crippen molar-refractivity contribution in [2.75, 3.05) is 18.1 Å². The highest BCUT2D eigenvalue weighted by atomic mass is 31.2. The van der Waals surface area contributed by atoms with Crippen LogP contribution in [0.25, 0.3) is 11.1 Å². The molecular weight excluding hydrogens is 473 g/mol. The summed E-state index contributed by atoms with van der Waals surface area (Å²) in [4.78, 5) is 31.9. The van der Waals surface area contributed by atoms with E-state index in [2.05, 4.69) is 12.2 Å². The van der Waals surface area contributed by atoms with Gasteiger partial charge in [-0.3, -0.25) is 9.36 Å². The number of carbonyl (C=O) groups excluding carboxylic acids is 1. The van der Waals surface area contributed by atoms with Gasteiger partial charge in [-0.2, -0.15) is 0 Å². The molecule has 0 spiro atoms. The number of amides is 1. The minimum atomic E-state index is -4.09. The summed E-state index contributed by atoms with van der Waals surface area (Å²) in [5, 5.41) is 2.96. The Morgan fingerprint density at radius 3 is 2.36 bits per heavy atom. The number of ether oxygens (including phenoxy) is 1. The van der Waals surface area contributed by atoms with Crippen molar-refractivity contribution in [1.29, 1.82) is 0 Å². The van der Waals surface area contributed by atoms with Gasteiger partial charge in [-0.05, 0) is 47.7 Å². The van der Waals surface area contributed by atoms with Crippen LogP contribution in [0.2, 0.25) is 0 Å². The fourth-order valence-electron chi connectivity index (χ4n) is 4.08. The minimum absolute atomic E-state index is 0.223. The summed E-state index contributed by atoms with van der Waals surface area (Å²) in [6.45, 7) is 2.75. The normalized spacial score (nSPS) is 11.3. The van der Waals surface area contributed by atoms with Crippen molar-refractivity contribution in [3.05, 3.63) is 83.9 Å². The zero-order valence-electron chi connectivity index (χ0n) is 20.9. The van der Waals surface area contributed by atoms with Gasteiger partial charge in [-0.25, -0.2) is 0 Å². The molecule has 0 aliphatic rings. The standard InChI is InChI=1S/C29H36NO5P/c1-2-3-4-5-6-10-20-35-27-18-12-17-26(24-14-8-7-9-15-24)28(27)29(31)30-25-16-11-13-23(22-25)19-21-36(32,33)34/h7-9,11-18,22H,2-6,10,19-21H2,1H3,(H,30,31)(H2,32,33,34). The number of hydrogen-bond acceptors (Lipinski definition) is 3. The lowest BCUT2D eigenvalue weighted by Crippen LogP contribution is -2.15. The first-order valence-corrected chi connectivity index (χ1v) is 14.4. The van der Waals surface area contributed by atoms with Gasteiger partial charge in [0.05, 0.1) is 18.3 Å². The number of nitrogens with one attached hydrogen (secondary N) is 1. The van der Waals surface area contributed by atoms with Crippen LogP contribution in [0.4, 0.5) is 5.69 Å². The molecule has 1 amide bonds. The molecule has 0 bridgehead atoms. The van der Waals surface area contributed by atoms with Crippen molar-refractivity contribution in [1.82, 2.24) is 0 Å². The van der Waals surface area contributed by atoms with Crippen molar-refractivity contribution in [3.8, 4) is 16.9 Å². The molecule has 0 fully saturated rings. The first-order chi connectivity index (χ1) is 17.4. The van der Waals surface area contributed by atoms with Crippen molar-refractivity contribution in [2.24, 2.45) is 0 Å². The molecule has 192 valence electrons. The maximum atomic E-state index is 13.5. The third-order valence-corrected chi connectivity index (χ3v) is 6.78. The average molecular weight is 510 g/mol. The minimum Gasteiger partial charge on any atom is -0.493 e. The van der Waals surface area contributed by atoms with Crippen LogP contribution in [0, 0.1) is 0 Å². The zero-order valence-corrected chi connectivity index (χ0v) is 21.8. The Bertz CT molecular complexity index is 1160. The molecule has 3 aromatic carbocycles. The Hall–Kier alpha value is -2.92. The number of benzene rings is 3. The third kappa shape index (κ3) is 8.94. The lowest BCUT2D eigenvalue weighted by atomic mass is 9.98. The SMILES string of the molecule is CCCCCCCCOc1cccc(-c2ccccc2)c1C(=O)Nc1cccc(CCP(=O)(O)O)c1. The van der Waals surface area contributed by atoms with Gasteiger partial charge >= 0.3 is 7.60 Å². The molecule has 3 N–H and O–H groups in total. The molecule has 6 nitrogen and oxygen atoms in total. The molecule has 3 rings (SSSR count). The van der Waals surface area contributed by atoms with E-state index in [0.717, 1.165) is 29.5 Å². The molecule has 0 aromatic heterocycles. The lowest BCUT2D eigenvalue weighted by molar-refractivity contribution is 0.102. The molecule has 0 aliphatic heterocycles. The predicted octanol–water partition coefficient (Wildman–Crippen LogP) is 7.07. The number of hydrogen-bond donors (Lipinski definition) is 3. The molecule has 3 aromatic rings. The van der Waals surface area contributed by atoms with E-state index in [9.17, 15) is 19.1 Å². The molecule has 0 aliphatic carbocycles. The highest BCUT2D eigenvalue weighted by Crippen LogP contribution is 2.35. The second kappa shape index (κ2) is 14.0. The fourth-order valence-corrected chi connectivity index (χ4v) is 4.63. The van der Waals surface area contributed by atoms with Crippen LogP contribution in [0.15, 0.2) is 72.8 Å². The highest BCUT2D eigenvalue weighted by Gasteiger charge is 2.19. The first-order valence-electron chi connectivity index (χ1n) is 12.6. The first kappa shape index (κ1) is 27.7. The van der Waals surface area contributed by atoms with Crippen LogP contribution in [0.3, 0.4) is 0 Å². The smallest absolute Gasteiger partial charge is 0.325 e. The van der Waals surface area contributed by atoms with E-state index in [1.807, 2.05) is 48.5 Å². The van der Waals surface area contributed by atoms with Gasteiger partial charge in [0.2, 0.25) is 0 Å². The van der Waals surface area contributed by atoms with Gasteiger partial charge < -0.3 is 19.8 Å². The summed E-state index contributed by atoms with van der Waals surface area (Å²) in [6.07, 6.45) is 6.91. The zero-order chi connectivity index (χ0) is 25.8. The second-order valence-electron chi connectivity index (χ2n) is 8.95. The van der Waals surface area contributed by atoms with Crippen molar-refractivity contribution in [2.45, 2.75) is 51.9 Å². The van der Waals surface area contributed by atoms with E-state index in [0.29, 0.717) is 23.6 Å². The topological polar surface area (TPSA) is 95.9 Å². The van der Waals surface area contributed by atoms with Crippen molar-refractivity contribution in [3.63, 3.8) is 0 Å². The van der Waals surface area contributed by atoms with E-state index in [-0.39, 0.29) is 18.5 Å². The van der Waals surface area contributed by atoms with Gasteiger partial charge in [0.1, 0.15) is 5.75 Å². The molecule has 0 saturated carbocycles. The van der Waals surface area contributed by atoms with Gasteiger partial charge in [0, 0.05) is 5.69 Å². The molecule has 0 heterocycles. The van der Waals surface area contributed by atoms with E-state index >= 15 is 0 Å².